The Morgan fingerprint density at radius 2 is 2.17 bits per heavy atom. The van der Waals surface area contributed by atoms with Crippen molar-refractivity contribution >= 4 is 25.3 Å². The molecule has 2 aromatic rings. The normalized spacial score (nSPS) is 18.5. The van der Waals surface area contributed by atoms with Crippen LogP contribution in [0.2, 0.25) is 0 Å². The zero-order valence-corrected chi connectivity index (χ0v) is 17.0. The summed E-state index contributed by atoms with van der Waals surface area (Å²) in [6.07, 6.45) is 4.29. The summed E-state index contributed by atoms with van der Waals surface area (Å²) in [5.41, 5.74) is 2.88. The van der Waals surface area contributed by atoms with Crippen molar-refractivity contribution in [2.75, 3.05) is 19.0 Å². The number of aromatic nitrogens is 3. The van der Waals surface area contributed by atoms with Gasteiger partial charge in [-0.25, -0.2) is 4.98 Å². The zero-order valence-electron chi connectivity index (χ0n) is 17.0. The van der Waals surface area contributed by atoms with Gasteiger partial charge in [0.1, 0.15) is 19.7 Å². The Bertz CT molecular complexity index is 1020. The number of likely N-dealkylation sites (N-methyl/N-ethyl adjacent to an activating group) is 2. The molecule has 0 radical (unpaired) electrons. The molecule has 2 heterocycles. The SMILES string of the molecule is BCc1nc(C(=O)N(C)[C@H]2CCc3ccc(C#CC4CC4)cc3N(C)C2=O)n[nH]1. The average molecular weight is 389 g/mol. The van der Waals surface area contributed by atoms with Gasteiger partial charge in [0.05, 0.1) is 0 Å². The Hall–Kier alpha value is -3.08. The van der Waals surface area contributed by atoms with E-state index in [0.717, 1.165) is 16.8 Å². The fourth-order valence-corrected chi connectivity index (χ4v) is 3.54. The highest BCUT2D eigenvalue weighted by Gasteiger charge is 2.34. The molecule has 1 aliphatic heterocycles. The number of carbonyl (C=O) groups is 2. The van der Waals surface area contributed by atoms with Gasteiger partial charge in [-0.2, -0.15) is 0 Å². The minimum atomic E-state index is -0.565. The first-order valence-electron chi connectivity index (χ1n) is 10.1. The van der Waals surface area contributed by atoms with E-state index in [1.807, 2.05) is 26.0 Å². The molecule has 148 valence electrons. The van der Waals surface area contributed by atoms with E-state index in [2.05, 4.69) is 27.0 Å². The molecular weight excluding hydrogens is 365 g/mol. The summed E-state index contributed by atoms with van der Waals surface area (Å²) in [6, 6.07) is 5.48. The number of hydrogen-bond donors (Lipinski definition) is 1. The van der Waals surface area contributed by atoms with Crippen LogP contribution in [0.5, 0.6) is 0 Å². The van der Waals surface area contributed by atoms with Crippen molar-refractivity contribution in [3.8, 4) is 11.8 Å². The average Bonchev–Trinajstić information content (AvgIpc) is 3.47. The molecule has 1 N–H and O–H groups in total. The number of aromatic amines is 1. The molecule has 0 saturated heterocycles. The Morgan fingerprint density at radius 1 is 1.38 bits per heavy atom. The van der Waals surface area contributed by atoms with Crippen LogP contribution in [-0.4, -0.2) is 59.9 Å². The number of hydrogen-bond acceptors (Lipinski definition) is 4. The van der Waals surface area contributed by atoms with Crippen molar-refractivity contribution in [3.05, 3.63) is 41.0 Å². The number of nitrogens with one attached hydrogen (secondary N) is 1. The highest BCUT2D eigenvalue weighted by molar-refractivity contribution is 6.08. The van der Waals surface area contributed by atoms with Crippen LogP contribution in [0.4, 0.5) is 5.69 Å². The maximum Gasteiger partial charge on any atom is 0.293 e. The minimum absolute atomic E-state index is 0.0965. The third-order valence-electron chi connectivity index (χ3n) is 5.59. The Balaban J connectivity index is 1.55. The monoisotopic (exact) mass is 389 g/mol. The lowest BCUT2D eigenvalue weighted by Crippen LogP contribution is -2.48. The molecule has 29 heavy (non-hydrogen) atoms. The molecule has 1 atom stereocenters. The molecule has 7 nitrogen and oxygen atoms in total. The highest BCUT2D eigenvalue weighted by Crippen LogP contribution is 2.30. The third-order valence-corrected chi connectivity index (χ3v) is 5.59. The number of amides is 2. The van der Waals surface area contributed by atoms with E-state index < -0.39 is 6.04 Å². The van der Waals surface area contributed by atoms with Gasteiger partial charge in [0, 0.05) is 31.3 Å². The van der Waals surface area contributed by atoms with Gasteiger partial charge in [-0.05, 0) is 49.7 Å². The van der Waals surface area contributed by atoms with Crippen LogP contribution in [0.1, 0.15) is 46.8 Å². The second-order valence-corrected chi connectivity index (χ2v) is 7.71. The molecule has 1 aromatic heterocycles. The summed E-state index contributed by atoms with van der Waals surface area (Å²) in [5, 5.41) is 6.75. The van der Waals surface area contributed by atoms with E-state index in [1.165, 1.54) is 17.7 Å². The number of carbonyl (C=O) groups excluding carboxylic acids is 2. The van der Waals surface area contributed by atoms with Crippen molar-refractivity contribution < 1.29 is 9.59 Å². The molecule has 1 saturated carbocycles. The molecule has 2 aliphatic rings. The predicted octanol–water partition coefficient (Wildman–Crippen LogP) is 0.749. The van der Waals surface area contributed by atoms with E-state index >= 15 is 0 Å². The standard InChI is InChI=1S/C21H24BN5O2/c1-26(21(29)19-23-18(12-22)24-25-19)16-10-9-15-8-7-14(6-5-13-3-4-13)11-17(15)27(2)20(16)28/h7-8,11,13,16H,3-4,9-10,12,22H2,1-2H3,(H,23,24,25)/t16-/m0/s1. The lowest BCUT2D eigenvalue weighted by molar-refractivity contribution is -0.122. The molecule has 4 rings (SSSR count). The number of anilines is 1. The maximum absolute atomic E-state index is 13.2. The molecule has 1 fully saturated rings. The number of rotatable bonds is 3. The predicted molar refractivity (Wildman–Crippen MR) is 112 cm³/mol. The second kappa shape index (κ2) is 7.74. The van der Waals surface area contributed by atoms with Crippen LogP contribution < -0.4 is 4.90 Å². The topological polar surface area (TPSA) is 82.2 Å². The largest absolute Gasteiger partial charge is 0.327 e. The lowest BCUT2D eigenvalue weighted by atomic mass is 10.0. The summed E-state index contributed by atoms with van der Waals surface area (Å²) < 4.78 is 0. The van der Waals surface area contributed by atoms with E-state index in [-0.39, 0.29) is 17.6 Å². The quantitative estimate of drug-likeness (QED) is 0.621. The summed E-state index contributed by atoms with van der Waals surface area (Å²) in [5.74, 6) is 7.30. The number of nitrogens with zero attached hydrogens (tertiary/aromatic N) is 4. The van der Waals surface area contributed by atoms with Crippen LogP contribution in [0, 0.1) is 17.8 Å². The summed E-state index contributed by atoms with van der Waals surface area (Å²) in [4.78, 5) is 33.3. The summed E-state index contributed by atoms with van der Waals surface area (Å²) >= 11 is 0. The Kier molecular flexibility index (Phi) is 5.14. The lowest BCUT2D eigenvalue weighted by Gasteiger charge is -2.28. The molecule has 8 heteroatoms. The number of aryl methyl sites for hydroxylation is 1. The molecule has 1 aromatic carbocycles. The fraction of sp³-hybridized carbons (Fsp3) is 0.429. The van der Waals surface area contributed by atoms with E-state index in [9.17, 15) is 9.59 Å². The van der Waals surface area contributed by atoms with Crippen LogP contribution in [0.3, 0.4) is 0 Å². The first-order chi connectivity index (χ1) is 14.0. The molecule has 0 bridgehead atoms. The van der Waals surface area contributed by atoms with Crippen molar-refractivity contribution in [2.24, 2.45) is 5.92 Å². The van der Waals surface area contributed by atoms with E-state index in [1.54, 1.807) is 19.0 Å². The Labute approximate surface area is 171 Å². The molecule has 2 amide bonds. The van der Waals surface area contributed by atoms with E-state index in [4.69, 9.17) is 0 Å². The summed E-state index contributed by atoms with van der Waals surface area (Å²) in [6.45, 7) is 0. The van der Waals surface area contributed by atoms with Crippen LogP contribution in [0.25, 0.3) is 0 Å². The van der Waals surface area contributed by atoms with Crippen molar-refractivity contribution in [2.45, 2.75) is 38.0 Å². The van der Waals surface area contributed by atoms with Gasteiger partial charge < -0.3 is 9.80 Å². The molecule has 1 aliphatic carbocycles. The maximum atomic E-state index is 13.2. The zero-order chi connectivity index (χ0) is 20.5. The van der Waals surface area contributed by atoms with Gasteiger partial charge in [-0.3, -0.25) is 14.7 Å². The summed E-state index contributed by atoms with van der Waals surface area (Å²) in [7, 11) is 5.34. The van der Waals surface area contributed by atoms with Gasteiger partial charge in [0.25, 0.3) is 5.91 Å². The van der Waals surface area contributed by atoms with Gasteiger partial charge in [-0.15, -0.1) is 5.10 Å². The van der Waals surface area contributed by atoms with Crippen LogP contribution in [-0.2, 0) is 17.5 Å². The molecular formula is C21H24BN5O2. The minimum Gasteiger partial charge on any atom is -0.327 e. The van der Waals surface area contributed by atoms with Gasteiger partial charge in [-0.1, -0.05) is 17.9 Å². The van der Waals surface area contributed by atoms with Crippen LogP contribution >= 0.6 is 0 Å². The smallest absolute Gasteiger partial charge is 0.293 e. The van der Waals surface area contributed by atoms with E-state index in [0.29, 0.717) is 30.9 Å². The number of benzene rings is 1. The Morgan fingerprint density at radius 3 is 2.86 bits per heavy atom. The number of fused-ring (bicyclic) bond motifs is 1. The molecule has 0 unspecified atom stereocenters. The van der Waals surface area contributed by atoms with Crippen molar-refractivity contribution in [1.29, 1.82) is 0 Å². The van der Waals surface area contributed by atoms with Gasteiger partial charge >= 0.3 is 0 Å². The third kappa shape index (κ3) is 3.90. The van der Waals surface area contributed by atoms with Gasteiger partial charge in [0.2, 0.25) is 11.7 Å². The first kappa shape index (κ1) is 19.3. The first-order valence-corrected chi connectivity index (χ1v) is 10.1. The fourth-order valence-electron chi connectivity index (χ4n) is 3.54. The number of H-pyrrole nitrogens is 1. The van der Waals surface area contributed by atoms with Crippen molar-refractivity contribution in [1.82, 2.24) is 20.1 Å². The van der Waals surface area contributed by atoms with Crippen molar-refractivity contribution in [3.63, 3.8) is 0 Å². The molecule has 0 spiro atoms. The van der Waals surface area contributed by atoms with Gasteiger partial charge in [0.15, 0.2) is 0 Å². The van der Waals surface area contributed by atoms with Crippen LogP contribution in [0.15, 0.2) is 18.2 Å². The highest BCUT2D eigenvalue weighted by atomic mass is 16.2. The second-order valence-electron chi connectivity index (χ2n) is 7.71.